The molecule has 2 rings (SSSR count). The van der Waals surface area contributed by atoms with Crippen LogP contribution in [0.25, 0.3) is 10.8 Å². The largest absolute Gasteiger partial charge is 0.427 e. The summed E-state index contributed by atoms with van der Waals surface area (Å²) in [5.41, 5.74) is 0.965. The number of hydrogen-bond donors (Lipinski definition) is 1. The standard InChI is InChI=1S/C18H18O3/c1-14(20)21-18-10-9-16-12-15(7-8-17(16)13-18)6-4-2-3-5-11-19/h7-10,12-13,19H,2-3,5,11H2,1H3. The van der Waals surface area contributed by atoms with Crippen molar-refractivity contribution < 1.29 is 14.6 Å². The second-order valence-electron chi connectivity index (χ2n) is 4.80. The highest BCUT2D eigenvalue weighted by Crippen LogP contribution is 2.22. The van der Waals surface area contributed by atoms with Gasteiger partial charge in [-0.05, 0) is 47.9 Å². The molecule has 1 N–H and O–H groups in total. The maximum absolute atomic E-state index is 10.9. The van der Waals surface area contributed by atoms with Crippen molar-refractivity contribution in [2.45, 2.75) is 26.2 Å². The van der Waals surface area contributed by atoms with Crippen molar-refractivity contribution in [3.05, 3.63) is 42.0 Å². The number of carbonyl (C=O) groups excluding carboxylic acids is 1. The maximum atomic E-state index is 10.9. The van der Waals surface area contributed by atoms with E-state index in [2.05, 4.69) is 11.8 Å². The van der Waals surface area contributed by atoms with Gasteiger partial charge >= 0.3 is 5.97 Å². The van der Waals surface area contributed by atoms with Crippen LogP contribution in [0.1, 0.15) is 31.7 Å². The Morgan fingerprint density at radius 2 is 1.90 bits per heavy atom. The Morgan fingerprint density at radius 1 is 1.14 bits per heavy atom. The van der Waals surface area contributed by atoms with Crippen LogP contribution in [0.5, 0.6) is 5.75 Å². The van der Waals surface area contributed by atoms with E-state index in [0.717, 1.165) is 35.6 Å². The number of rotatable bonds is 4. The van der Waals surface area contributed by atoms with E-state index >= 15 is 0 Å². The molecule has 0 amide bonds. The van der Waals surface area contributed by atoms with Crippen molar-refractivity contribution >= 4 is 16.7 Å². The number of hydrogen-bond acceptors (Lipinski definition) is 3. The van der Waals surface area contributed by atoms with Crippen molar-refractivity contribution in [2.75, 3.05) is 6.61 Å². The average molecular weight is 282 g/mol. The lowest BCUT2D eigenvalue weighted by Gasteiger charge is -2.03. The first-order valence-electron chi connectivity index (χ1n) is 7.01. The van der Waals surface area contributed by atoms with Gasteiger partial charge in [0.1, 0.15) is 5.75 Å². The molecular formula is C18H18O3. The average Bonchev–Trinajstić information content (AvgIpc) is 2.46. The number of esters is 1. The molecule has 0 unspecified atom stereocenters. The van der Waals surface area contributed by atoms with Crippen molar-refractivity contribution in [3.8, 4) is 17.6 Å². The van der Waals surface area contributed by atoms with Gasteiger partial charge in [0, 0.05) is 25.5 Å². The molecule has 21 heavy (non-hydrogen) atoms. The molecule has 0 radical (unpaired) electrons. The number of aliphatic hydroxyl groups is 1. The monoisotopic (exact) mass is 282 g/mol. The molecule has 3 nitrogen and oxygen atoms in total. The Bertz CT molecular complexity index is 692. The van der Waals surface area contributed by atoms with Crippen molar-refractivity contribution in [3.63, 3.8) is 0 Å². The number of aliphatic hydroxyl groups excluding tert-OH is 1. The molecule has 0 atom stereocenters. The minimum Gasteiger partial charge on any atom is -0.427 e. The van der Waals surface area contributed by atoms with Gasteiger partial charge in [-0.25, -0.2) is 0 Å². The Balaban J connectivity index is 2.13. The fraction of sp³-hybridized carbons (Fsp3) is 0.278. The minimum atomic E-state index is -0.320. The van der Waals surface area contributed by atoms with E-state index in [4.69, 9.17) is 9.84 Å². The van der Waals surface area contributed by atoms with Crippen LogP contribution in [0.2, 0.25) is 0 Å². The van der Waals surface area contributed by atoms with E-state index in [1.807, 2.05) is 30.3 Å². The maximum Gasteiger partial charge on any atom is 0.308 e. The van der Waals surface area contributed by atoms with Crippen LogP contribution in [0.4, 0.5) is 0 Å². The van der Waals surface area contributed by atoms with E-state index in [0.29, 0.717) is 5.75 Å². The minimum absolute atomic E-state index is 0.225. The molecule has 0 fully saturated rings. The molecule has 2 aromatic rings. The lowest BCUT2D eigenvalue weighted by molar-refractivity contribution is -0.131. The quantitative estimate of drug-likeness (QED) is 0.405. The molecule has 2 aromatic carbocycles. The van der Waals surface area contributed by atoms with Gasteiger partial charge in [0.15, 0.2) is 0 Å². The first-order valence-corrected chi connectivity index (χ1v) is 7.01. The zero-order valence-electron chi connectivity index (χ0n) is 12.1. The van der Waals surface area contributed by atoms with E-state index in [1.165, 1.54) is 6.92 Å². The van der Waals surface area contributed by atoms with Crippen LogP contribution in [-0.4, -0.2) is 17.7 Å². The topological polar surface area (TPSA) is 46.5 Å². The van der Waals surface area contributed by atoms with Gasteiger partial charge in [0.25, 0.3) is 0 Å². The van der Waals surface area contributed by atoms with Gasteiger partial charge in [0.05, 0.1) is 0 Å². The van der Waals surface area contributed by atoms with Crippen LogP contribution in [0, 0.1) is 11.8 Å². The van der Waals surface area contributed by atoms with Crippen molar-refractivity contribution in [1.82, 2.24) is 0 Å². The molecule has 0 heterocycles. The first kappa shape index (κ1) is 15.1. The van der Waals surface area contributed by atoms with Gasteiger partial charge in [-0.2, -0.15) is 0 Å². The molecular weight excluding hydrogens is 264 g/mol. The lowest BCUT2D eigenvalue weighted by Crippen LogP contribution is -2.00. The molecule has 0 aromatic heterocycles. The molecule has 0 spiro atoms. The third-order valence-electron chi connectivity index (χ3n) is 3.02. The first-order chi connectivity index (χ1) is 10.2. The Kier molecular flexibility index (Phi) is 5.36. The van der Waals surface area contributed by atoms with Crippen LogP contribution < -0.4 is 4.74 Å². The van der Waals surface area contributed by atoms with Crippen LogP contribution in [0.15, 0.2) is 36.4 Å². The number of carbonyl (C=O) groups is 1. The Labute approximate surface area is 124 Å². The summed E-state index contributed by atoms with van der Waals surface area (Å²) in [6.45, 7) is 1.61. The second kappa shape index (κ2) is 7.47. The summed E-state index contributed by atoms with van der Waals surface area (Å²) in [5.74, 6) is 6.47. The third-order valence-corrected chi connectivity index (χ3v) is 3.02. The zero-order valence-corrected chi connectivity index (χ0v) is 12.1. The number of unbranched alkanes of at least 4 members (excludes halogenated alkanes) is 2. The van der Waals surface area contributed by atoms with Gasteiger partial charge < -0.3 is 9.84 Å². The summed E-state index contributed by atoms with van der Waals surface area (Å²) >= 11 is 0. The van der Waals surface area contributed by atoms with E-state index in [9.17, 15) is 4.79 Å². The summed E-state index contributed by atoms with van der Waals surface area (Å²) in [6, 6.07) is 11.5. The second-order valence-corrected chi connectivity index (χ2v) is 4.80. The summed E-state index contributed by atoms with van der Waals surface area (Å²) in [6.07, 6.45) is 2.51. The molecule has 0 aliphatic rings. The SMILES string of the molecule is CC(=O)Oc1ccc2cc(C#CCCCCO)ccc2c1. The van der Waals surface area contributed by atoms with Crippen molar-refractivity contribution in [2.24, 2.45) is 0 Å². The number of fused-ring (bicyclic) bond motifs is 1. The molecule has 0 aliphatic heterocycles. The smallest absolute Gasteiger partial charge is 0.308 e. The van der Waals surface area contributed by atoms with Crippen LogP contribution in [-0.2, 0) is 4.79 Å². The molecule has 3 heteroatoms. The fourth-order valence-electron chi connectivity index (χ4n) is 2.02. The summed E-state index contributed by atoms with van der Waals surface area (Å²) in [4.78, 5) is 10.9. The highest BCUT2D eigenvalue weighted by atomic mass is 16.5. The summed E-state index contributed by atoms with van der Waals surface area (Å²) < 4.78 is 5.07. The van der Waals surface area contributed by atoms with E-state index in [-0.39, 0.29) is 12.6 Å². The third kappa shape index (κ3) is 4.62. The normalized spacial score (nSPS) is 10.0. The molecule has 0 aliphatic carbocycles. The molecule has 0 saturated carbocycles. The van der Waals surface area contributed by atoms with Gasteiger partial charge in [-0.3, -0.25) is 4.79 Å². The number of ether oxygens (including phenoxy) is 1. The zero-order chi connectivity index (χ0) is 15.1. The predicted octanol–water partition coefficient (Wildman–Crippen LogP) is 3.28. The number of benzene rings is 2. The van der Waals surface area contributed by atoms with E-state index < -0.39 is 0 Å². The molecule has 0 saturated heterocycles. The fourth-order valence-corrected chi connectivity index (χ4v) is 2.02. The summed E-state index contributed by atoms with van der Waals surface area (Å²) in [7, 11) is 0. The highest BCUT2D eigenvalue weighted by molar-refractivity contribution is 5.86. The predicted molar refractivity (Wildman–Crippen MR) is 83.1 cm³/mol. The van der Waals surface area contributed by atoms with E-state index in [1.54, 1.807) is 6.07 Å². The summed E-state index contributed by atoms with van der Waals surface area (Å²) in [5, 5.41) is 10.8. The van der Waals surface area contributed by atoms with Crippen LogP contribution in [0.3, 0.4) is 0 Å². The lowest BCUT2D eigenvalue weighted by atomic mass is 10.1. The molecule has 0 bridgehead atoms. The Hall–Kier alpha value is -2.31. The van der Waals surface area contributed by atoms with Gasteiger partial charge in [-0.1, -0.05) is 24.0 Å². The van der Waals surface area contributed by atoms with Crippen molar-refractivity contribution in [1.29, 1.82) is 0 Å². The van der Waals surface area contributed by atoms with Crippen LogP contribution >= 0.6 is 0 Å². The van der Waals surface area contributed by atoms with Gasteiger partial charge in [0.2, 0.25) is 0 Å². The Morgan fingerprint density at radius 3 is 2.67 bits per heavy atom. The van der Waals surface area contributed by atoms with Gasteiger partial charge in [-0.15, -0.1) is 0 Å². The molecule has 108 valence electrons. The highest BCUT2D eigenvalue weighted by Gasteiger charge is 2.00.